The van der Waals surface area contributed by atoms with Crippen LogP contribution in [0.5, 0.6) is 0 Å². The molecule has 0 aliphatic heterocycles. The molecule has 0 fully saturated rings. The lowest BCUT2D eigenvalue weighted by atomic mass is 10.2. The second-order valence-electron chi connectivity index (χ2n) is 6.56. The van der Waals surface area contributed by atoms with Crippen molar-refractivity contribution in [1.29, 1.82) is 0 Å². The average molecular weight is 461 g/mol. The van der Waals surface area contributed by atoms with Crippen LogP contribution in [0.4, 0.5) is 9.52 Å². The number of aromatic nitrogens is 1. The molecule has 31 heavy (non-hydrogen) atoms. The van der Waals surface area contributed by atoms with Crippen molar-refractivity contribution < 1.29 is 18.8 Å². The van der Waals surface area contributed by atoms with Gasteiger partial charge in [-0.3, -0.25) is 19.7 Å². The van der Waals surface area contributed by atoms with Crippen molar-refractivity contribution in [2.24, 2.45) is 0 Å². The zero-order valence-corrected chi connectivity index (χ0v) is 18.4. The van der Waals surface area contributed by atoms with E-state index in [-0.39, 0.29) is 43.0 Å². The number of hydrogen-bond donors (Lipinski definition) is 2. The molecule has 0 atom stereocenters. The molecule has 0 saturated carbocycles. The third-order valence-electron chi connectivity index (χ3n) is 4.32. The van der Waals surface area contributed by atoms with Gasteiger partial charge in [0.05, 0.1) is 23.5 Å². The molecule has 1 aromatic carbocycles. The van der Waals surface area contributed by atoms with Crippen LogP contribution in [-0.2, 0) is 22.6 Å². The lowest BCUT2D eigenvalue weighted by Crippen LogP contribution is -2.41. The third kappa shape index (κ3) is 6.69. The summed E-state index contributed by atoms with van der Waals surface area (Å²) in [5, 5.41) is 9.39. The van der Waals surface area contributed by atoms with Crippen molar-refractivity contribution in [3.8, 4) is 0 Å². The molecule has 0 saturated heterocycles. The Labute approximate surface area is 186 Å². The zero-order valence-electron chi connectivity index (χ0n) is 16.8. The molecule has 2 heterocycles. The molecule has 2 aromatic heterocycles. The van der Waals surface area contributed by atoms with E-state index in [1.54, 1.807) is 36.6 Å². The number of hydrogen-bond acceptors (Lipinski definition) is 6. The average Bonchev–Trinajstić information content (AvgIpc) is 3.44. The Hall–Kier alpha value is -3.11. The molecule has 3 rings (SSSR count). The summed E-state index contributed by atoms with van der Waals surface area (Å²) in [6, 6.07) is 9.35. The highest BCUT2D eigenvalue weighted by atomic mass is 32.1. The number of amides is 3. The van der Waals surface area contributed by atoms with E-state index in [1.165, 1.54) is 39.7 Å². The molecule has 0 spiro atoms. The number of likely N-dealkylation sites (N-methyl/N-ethyl adjacent to an activating group) is 1. The number of nitrogens with zero attached hydrogens (tertiary/aromatic N) is 2. The smallest absolute Gasteiger partial charge is 0.267 e. The van der Waals surface area contributed by atoms with Crippen molar-refractivity contribution >= 4 is 45.5 Å². The standard InChI is InChI=1S/C21H21FN4O3S2/c1-2-26(12-18(27)23-11-14-5-7-15(22)8-6-14)19(28)10-16-13-31-21(24-16)25-20(29)17-4-3-9-30-17/h3-9,13H,2,10-12H2,1H3,(H,23,27)(H,24,25,29). The highest BCUT2D eigenvalue weighted by Crippen LogP contribution is 2.18. The Kier molecular flexibility index (Phi) is 7.85. The van der Waals surface area contributed by atoms with Crippen LogP contribution in [0, 0.1) is 5.82 Å². The molecule has 2 N–H and O–H groups in total. The molecule has 3 aromatic rings. The highest BCUT2D eigenvalue weighted by Gasteiger charge is 2.18. The monoisotopic (exact) mass is 460 g/mol. The van der Waals surface area contributed by atoms with Crippen LogP contribution in [-0.4, -0.2) is 40.7 Å². The first kappa shape index (κ1) is 22.6. The summed E-state index contributed by atoms with van der Waals surface area (Å²) in [7, 11) is 0. The molecule has 162 valence electrons. The molecule has 10 heteroatoms. The molecule has 0 unspecified atom stereocenters. The van der Waals surface area contributed by atoms with E-state index in [9.17, 15) is 18.8 Å². The van der Waals surface area contributed by atoms with Crippen molar-refractivity contribution in [1.82, 2.24) is 15.2 Å². The van der Waals surface area contributed by atoms with Gasteiger partial charge in [0, 0.05) is 18.5 Å². The van der Waals surface area contributed by atoms with E-state index in [2.05, 4.69) is 15.6 Å². The summed E-state index contributed by atoms with van der Waals surface area (Å²) < 4.78 is 12.9. The van der Waals surface area contributed by atoms with Gasteiger partial charge in [0.2, 0.25) is 11.8 Å². The Balaban J connectivity index is 1.48. The second-order valence-corrected chi connectivity index (χ2v) is 8.37. The van der Waals surface area contributed by atoms with Gasteiger partial charge in [0.1, 0.15) is 5.82 Å². The molecule has 0 aliphatic carbocycles. The normalized spacial score (nSPS) is 10.5. The Morgan fingerprint density at radius 1 is 1.13 bits per heavy atom. The second kappa shape index (κ2) is 10.8. The molecular weight excluding hydrogens is 439 g/mol. The molecular formula is C21H21FN4O3S2. The quantitative estimate of drug-likeness (QED) is 0.513. The first-order valence-corrected chi connectivity index (χ1v) is 11.3. The van der Waals surface area contributed by atoms with Crippen molar-refractivity contribution in [2.75, 3.05) is 18.4 Å². The molecule has 0 bridgehead atoms. The van der Waals surface area contributed by atoms with Gasteiger partial charge < -0.3 is 10.2 Å². The number of anilines is 1. The van der Waals surface area contributed by atoms with E-state index in [4.69, 9.17) is 0 Å². The molecule has 0 aliphatic rings. The highest BCUT2D eigenvalue weighted by molar-refractivity contribution is 7.14. The van der Waals surface area contributed by atoms with Crippen molar-refractivity contribution in [2.45, 2.75) is 19.9 Å². The maximum atomic E-state index is 12.9. The molecule has 3 amide bonds. The zero-order chi connectivity index (χ0) is 22.2. The Bertz CT molecular complexity index is 1040. The maximum Gasteiger partial charge on any atom is 0.267 e. The van der Waals surface area contributed by atoms with Gasteiger partial charge in [0.25, 0.3) is 5.91 Å². The van der Waals surface area contributed by atoms with Crippen LogP contribution in [0.3, 0.4) is 0 Å². The van der Waals surface area contributed by atoms with Gasteiger partial charge in [0.15, 0.2) is 5.13 Å². The predicted octanol–water partition coefficient (Wildman–Crippen LogP) is 3.30. The first-order chi connectivity index (χ1) is 14.9. The summed E-state index contributed by atoms with van der Waals surface area (Å²) in [6.07, 6.45) is 0.0322. The molecule has 7 nitrogen and oxygen atoms in total. The number of thiazole rings is 1. The fourth-order valence-electron chi connectivity index (χ4n) is 2.69. The van der Waals surface area contributed by atoms with Crippen LogP contribution in [0.1, 0.15) is 27.9 Å². The summed E-state index contributed by atoms with van der Waals surface area (Å²) in [6.45, 7) is 2.33. The third-order valence-corrected chi connectivity index (χ3v) is 6.00. The van der Waals surface area contributed by atoms with Gasteiger partial charge >= 0.3 is 0 Å². The van der Waals surface area contributed by atoms with Crippen LogP contribution in [0.25, 0.3) is 0 Å². The van der Waals surface area contributed by atoms with Crippen LogP contribution in [0.2, 0.25) is 0 Å². The first-order valence-electron chi connectivity index (χ1n) is 9.52. The summed E-state index contributed by atoms with van der Waals surface area (Å²) >= 11 is 2.57. The summed E-state index contributed by atoms with van der Waals surface area (Å²) in [4.78, 5) is 43.2. The maximum absolute atomic E-state index is 12.9. The van der Waals surface area contributed by atoms with E-state index in [0.29, 0.717) is 22.2 Å². The SMILES string of the molecule is CCN(CC(=O)NCc1ccc(F)cc1)C(=O)Cc1csc(NC(=O)c2cccs2)n1. The number of nitrogens with one attached hydrogen (secondary N) is 2. The van der Waals surface area contributed by atoms with Gasteiger partial charge in [-0.05, 0) is 36.1 Å². The number of carbonyl (C=O) groups is 3. The number of thiophene rings is 1. The lowest BCUT2D eigenvalue weighted by molar-refractivity contribution is -0.135. The van der Waals surface area contributed by atoms with E-state index in [0.717, 1.165) is 5.56 Å². The topological polar surface area (TPSA) is 91.4 Å². The van der Waals surface area contributed by atoms with E-state index < -0.39 is 0 Å². The Morgan fingerprint density at radius 3 is 2.58 bits per heavy atom. The van der Waals surface area contributed by atoms with Gasteiger partial charge in [-0.25, -0.2) is 9.37 Å². The number of benzene rings is 1. The summed E-state index contributed by atoms with van der Waals surface area (Å²) in [5.74, 6) is -1.12. The predicted molar refractivity (Wildman–Crippen MR) is 119 cm³/mol. The van der Waals surface area contributed by atoms with Gasteiger partial charge in [-0.1, -0.05) is 18.2 Å². The Morgan fingerprint density at radius 2 is 1.90 bits per heavy atom. The van der Waals surface area contributed by atoms with Crippen molar-refractivity contribution in [3.63, 3.8) is 0 Å². The van der Waals surface area contributed by atoms with Gasteiger partial charge in [-0.15, -0.1) is 22.7 Å². The number of rotatable bonds is 9. The number of halogens is 1. The van der Waals surface area contributed by atoms with Crippen molar-refractivity contribution in [3.05, 3.63) is 69.1 Å². The molecule has 0 radical (unpaired) electrons. The fourth-order valence-corrected chi connectivity index (χ4v) is 4.01. The fraction of sp³-hybridized carbons (Fsp3) is 0.238. The minimum Gasteiger partial charge on any atom is -0.350 e. The summed E-state index contributed by atoms with van der Waals surface area (Å²) in [5.41, 5.74) is 1.30. The van der Waals surface area contributed by atoms with E-state index >= 15 is 0 Å². The minimum atomic E-state index is -0.339. The van der Waals surface area contributed by atoms with Crippen LogP contribution < -0.4 is 10.6 Å². The number of carbonyl (C=O) groups excluding carboxylic acids is 3. The largest absolute Gasteiger partial charge is 0.350 e. The van der Waals surface area contributed by atoms with E-state index in [1.807, 2.05) is 5.38 Å². The van der Waals surface area contributed by atoms with Gasteiger partial charge in [-0.2, -0.15) is 0 Å². The van der Waals surface area contributed by atoms with Crippen LogP contribution in [0.15, 0.2) is 47.2 Å². The van der Waals surface area contributed by atoms with Crippen LogP contribution >= 0.6 is 22.7 Å². The lowest BCUT2D eigenvalue weighted by Gasteiger charge is -2.20. The minimum absolute atomic E-state index is 0.0322.